The molecule has 0 unspecified atom stereocenters. The van der Waals surface area contributed by atoms with Gasteiger partial charge in [-0.15, -0.1) is 0 Å². The number of rotatable bonds is 7. The van der Waals surface area contributed by atoms with Crippen molar-refractivity contribution in [2.24, 2.45) is 0 Å². The first-order valence-corrected chi connectivity index (χ1v) is 8.80. The molecule has 0 aromatic heterocycles. The Labute approximate surface area is 135 Å². The summed E-state index contributed by atoms with van der Waals surface area (Å²) >= 11 is 0. The number of anilines is 1. The highest BCUT2D eigenvalue weighted by atomic mass is 32.2. The zero-order chi connectivity index (χ0) is 16.9. The Morgan fingerprint density at radius 3 is 2.30 bits per heavy atom. The van der Waals surface area contributed by atoms with Crippen molar-refractivity contribution in [2.75, 3.05) is 23.7 Å². The largest absolute Gasteiger partial charge is 0.491 e. The van der Waals surface area contributed by atoms with Gasteiger partial charge in [-0.1, -0.05) is 18.2 Å². The molecule has 0 aliphatic carbocycles. The fourth-order valence-electron chi connectivity index (χ4n) is 1.99. The van der Waals surface area contributed by atoms with Crippen LogP contribution in [0.2, 0.25) is 0 Å². The predicted molar refractivity (Wildman–Crippen MR) is 86.5 cm³/mol. The summed E-state index contributed by atoms with van der Waals surface area (Å²) in [5.74, 6) is 0.120. The van der Waals surface area contributed by atoms with E-state index >= 15 is 0 Å². The highest BCUT2D eigenvalue weighted by Gasteiger charge is 2.21. The van der Waals surface area contributed by atoms with Crippen LogP contribution < -0.4 is 9.04 Å². The summed E-state index contributed by atoms with van der Waals surface area (Å²) in [5, 5.41) is 10.1. The lowest BCUT2D eigenvalue weighted by atomic mass is 10.3. The first kappa shape index (κ1) is 17.2. The van der Waals surface area contributed by atoms with E-state index in [1.807, 2.05) is 6.07 Å². The number of hydrogen-bond donors (Lipinski definition) is 1. The van der Waals surface area contributed by atoms with Gasteiger partial charge in [0.1, 0.15) is 24.3 Å². The van der Waals surface area contributed by atoms with Crippen molar-refractivity contribution < 1.29 is 22.7 Å². The second-order valence-corrected chi connectivity index (χ2v) is 6.96. The lowest BCUT2D eigenvalue weighted by Gasteiger charge is -2.25. The summed E-state index contributed by atoms with van der Waals surface area (Å²) in [6, 6.07) is 13.9. The van der Waals surface area contributed by atoms with Crippen molar-refractivity contribution in [3.63, 3.8) is 0 Å². The Kier molecular flexibility index (Phi) is 5.57. The average Bonchev–Trinajstić information content (AvgIpc) is 2.52. The highest BCUT2D eigenvalue weighted by molar-refractivity contribution is 7.92. The van der Waals surface area contributed by atoms with E-state index in [1.165, 1.54) is 24.3 Å². The van der Waals surface area contributed by atoms with Gasteiger partial charge in [-0.25, -0.2) is 12.8 Å². The molecule has 0 saturated carbocycles. The third-order valence-corrected chi connectivity index (χ3v) is 4.24. The number of aliphatic hydroxyl groups is 1. The number of hydrogen-bond acceptors (Lipinski definition) is 4. The van der Waals surface area contributed by atoms with E-state index in [1.54, 1.807) is 24.3 Å². The lowest BCUT2D eigenvalue weighted by molar-refractivity contribution is 0.115. The van der Waals surface area contributed by atoms with Crippen molar-refractivity contribution in [1.82, 2.24) is 0 Å². The Balaban J connectivity index is 2.04. The zero-order valence-electron chi connectivity index (χ0n) is 12.6. The van der Waals surface area contributed by atoms with Crippen LogP contribution in [0.5, 0.6) is 5.75 Å². The van der Waals surface area contributed by atoms with E-state index in [0.717, 1.165) is 10.6 Å². The smallest absolute Gasteiger partial charge is 0.232 e. The molecule has 5 nitrogen and oxygen atoms in total. The molecule has 0 amide bonds. The van der Waals surface area contributed by atoms with Gasteiger partial charge in [-0.2, -0.15) is 0 Å². The SMILES string of the molecule is CS(=O)(=O)N(C[C@H](O)COc1ccccc1)c1ccc(F)cc1. The summed E-state index contributed by atoms with van der Waals surface area (Å²) in [6.45, 7) is -0.242. The van der Waals surface area contributed by atoms with Gasteiger partial charge in [-0.3, -0.25) is 4.31 Å². The maximum Gasteiger partial charge on any atom is 0.232 e. The Bertz CT molecular complexity index is 720. The molecule has 0 saturated heterocycles. The van der Waals surface area contributed by atoms with Gasteiger partial charge in [0.2, 0.25) is 10.0 Å². The first-order valence-electron chi connectivity index (χ1n) is 6.95. The van der Waals surface area contributed by atoms with Crippen molar-refractivity contribution in [1.29, 1.82) is 0 Å². The van der Waals surface area contributed by atoms with Crippen LogP contribution in [0.25, 0.3) is 0 Å². The molecule has 124 valence electrons. The van der Waals surface area contributed by atoms with Crippen LogP contribution in [0, 0.1) is 5.82 Å². The molecule has 0 radical (unpaired) electrons. The van der Waals surface area contributed by atoms with E-state index in [-0.39, 0.29) is 18.8 Å². The van der Waals surface area contributed by atoms with E-state index in [9.17, 15) is 17.9 Å². The summed E-state index contributed by atoms with van der Waals surface area (Å²) < 4.78 is 43.2. The van der Waals surface area contributed by atoms with Crippen molar-refractivity contribution in [3.8, 4) is 5.75 Å². The van der Waals surface area contributed by atoms with Crippen LogP contribution in [0.15, 0.2) is 54.6 Å². The number of halogens is 1. The van der Waals surface area contributed by atoms with Gasteiger partial charge in [0.25, 0.3) is 0 Å². The minimum absolute atomic E-state index is 0.0583. The molecule has 1 N–H and O–H groups in total. The molecule has 23 heavy (non-hydrogen) atoms. The van der Waals surface area contributed by atoms with Crippen LogP contribution in [0.1, 0.15) is 0 Å². The predicted octanol–water partition coefficient (Wildman–Crippen LogP) is 2.03. The molecule has 0 aliphatic rings. The van der Waals surface area contributed by atoms with Crippen LogP contribution in [0.3, 0.4) is 0 Å². The maximum absolute atomic E-state index is 13.0. The topological polar surface area (TPSA) is 66.8 Å². The van der Waals surface area contributed by atoms with Crippen molar-refractivity contribution >= 4 is 15.7 Å². The molecule has 0 bridgehead atoms. The van der Waals surface area contributed by atoms with Crippen LogP contribution in [0.4, 0.5) is 10.1 Å². The minimum Gasteiger partial charge on any atom is -0.491 e. The van der Waals surface area contributed by atoms with E-state index in [0.29, 0.717) is 5.75 Å². The number of sulfonamides is 1. The molecular formula is C16H18FNO4S. The Morgan fingerprint density at radius 2 is 1.74 bits per heavy atom. The Morgan fingerprint density at radius 1 is 1.13 bits per heavy atom. The summed E-state index contributed by atoms with van der Waals surface area (Å²) in [6.07, 6.45) is -0.00352. The standard InChI is InChI=1S/C16H18FNO4S/c1-23(20,21)18(14-9-7-13(17)8-10-14)11-15(19)12-22-16-5-3-2-4-6-16/h2-10,15,19H,11-12H2,1H3/t15-/m0/s1. The second-order valence-electron chi connectivity index (χ2n) is 5.05. The van der Waals surface area contributed by atoms with Crippen molar-refractivity contribution in [2.45, 2.75) is 6.10 Å². The van der Waals surface area contributed by atoms with Crippen LogP contribution >= 0.6 is 0 Å². The maximum atomic E-state index is 13.0. The van der Waals surface area contributed by atoms with E-state index < -0.39 is 21.9 Å². The summed E-state index contributed by atoms with van der Waals surface area (Å²) in [7, 11) is -3.61. The summed E-state index contributed by atoms with van der Waals surface area (Å²) in [5.41, 5.74) is 0.285. The van der Waals surface area contributed by atoms with E-state index in [2.05, 4.69) is 0 Å². The molecule has 2 aromatic carbocycles. The Hall–Kier alpha value is -2.12. The van der Waals surface area contributed by atoms with Crippen molar-refractivity contribution in [3.05, 3.63) is 60.4 Å². The fourth-order valence-corrected chi connectivity index (χ4v) is 2.94. The molecule has 0 aliphatic heterocycles. The van der Waals surface area contributed by atoms with Gasteiger partial charge < -0.3 is 9.84 Å². The molecule has 0 fully saturated rings. The molecule has 0 heterocycles. The number of para-hydroxylation sites is 1. The molecule has 2 aromatic rings. The summed E-state index contributed by atoms with van der Waals surface area (Å²) in [4.78, 5) is 0. The average molecular weight is 339 g/mol. The van der Waals surface area contributed by atoms with Gasteiger partial charge in [0, 0.05) is 0 Å². The normalized spacial score (nSPS) is 12.7. The van der Waals surface area contributed by atoms with Crippen LogP contribution in [-0.4, -0.2) is 39.0 Å². The fraction of sp³-hybridized carbons (Fsp3) is 0.250. The van der Waals surface area contributed by atoms with Gasteiger partial charge >= 0.3 is 0 Å². The molecule has 2 rings (SSSR count). The number of nitrogens with zero attached hydrogens (tertiary/aromatic N) is 1. The quantitative estimate of drug-likeness (QED) is 0.838. The molecule has 0 spiro atoms. The molecule has 7 heteroatoms. The third-order valence-electron chi connectivity index (χ3n) is 3.08. The third kappa shape index (κ3) is 5.22. The minimum atomic E-state index is -3.61. The van der Waals surface area contributed by atoms with Gasteiger partial charge in [-0.05, 0) is 36.4 Å². The number of ether oxygens (including phenoxy) is 1. The van der Waals surface area contributed by atoms with Gasteiger partial charge in [0.15, 0.2) is 0 Å². The highest BCUT2D eigenvalue weighted by Crippen LogP contribution is 2.18. The number of benzene rings is 2. The first-order chi connectivity index (χ1) is 10.9. The molecular weight excluding hydrogens is 321 g/mol. The van der Waals surface area contributed by atoms with Crippen LogP contribution in [-0.2, 0) is 10.0 Å². The monoisotopic (exact) mass is 339 g/mol. The molecule has 1 atom stereocenters. The van der Waals surface area contributed by atoms with Gasteiger partial charge in [0.05, 0.1) is 18.5 Å². The second kappa shape index (κ2) is 7.43. The lowest BCUT2D eigenvalue weighted by Crippen LogP contribution is -2.39. The zero-order valence-corrected chi connectivity index (χ0v) is 13.4. The van der Waals surface area contributed by atoms with E-state index in [4.69, 9.17) is 4.74 Å². The number of aliphatic hydroxyl groups excluding tert-OH is 1.